The first kappa shape index (κ1) is 18.8. The molecule has 0 saturated carbocycles. The summed E-state index contributed by atoms with van der Waals surface area (Å²) in [5.74, 6) is 0.0526. The average molecular weight is 399 g/mol. The second-order valence-corrected chi connectivity index (χ2v) is 8.10. The van der Waals surface area contributed by atoms with Crippen LogP contribution in [0.2, 0.25) is 5.02 Å². The molecule has 0 aliphatic carbocycles. The van der Waals surface area contributed by atoms with Gasteiger partial charge in [0.15, 0.2) is 5.76 Å². The van der Waals surface area contributed by atoms with E-state index in [0.717, 1.165) is 12.8 Å². The van der Waals surface area contributed by atoms with Gasteiger partial charge in [0.05, 0.1) is 6.54 Å². The number of rotatable bonds is 7. The minimum absolute atomic E-state index is 0.0504. The zero-order valence-electron chi connectivity index (χ0n) is 14.0. The van der Waals surface area contributed by atoms with E-state index in [1.165, 1.54) is 16.4 Å². The molecule has 2 aromatic rings. The molecule has 26 heavy (non-hydrogen) atoms. The zero-order valence-corrected chi connectivity index (χ0v) is 15.6. The Balaban J connectivity index is 1.52. The Morgan fingerprint density at radius 2 is 2.00 bits per heavy atom. The van der Waals surface area contributed by atoms with Gasteiger partial charge in [0.2, 0.25) is 5.09 Å². The standard InChI is InChI=1S/C17H19ClN2O5S/c18-13-4-3-5-14(12-13)24-11-8-19-17(21)15-6-7-16(25-15)26(22,23)20-9-1-2-10-20/h3-7,12H,1-2,8-11H2,(H,19,21). The van der Waals surface area contributed by atoms with Crippen LogP contribution in [0.15, 0.2) is 45.9 Å². The van der Waals surface area contributed by atoms with E-state index in [4.69, 9.17) is 20.8 Å². The van der Waals surface area contributed by atoms with E-state index in [1.807, 2.05) is 0 Å². The second kappa shape index (κ2) is 8.11. The van der Waals surface area contributed by atoms with Crippen molar-refractivity contribution in [1.29, 1.82) is 0 Å². The number of carbonyl (C=O) groups is 1. The van der Waals surface area contributed by atoms with E-state index >= 15 is 0 Å². The fourth-order valence-electron chi connectivity index (χ4n) is 2.61. The van der Waals surface area contributed by atoms with Gasteiger partial charge in [-0.15, -0.1) is 0 Å². The summed E-state index contributed by atoms with van der Waals surface area (Å²) in [6.45, 7) is 1.43. The molecule has 9 heteroatoms. The van der Waals surface area contributed by atoms with Crippen LogP contribution in [0.5, 0.6) is 5.75 Å². The van der Waals surface area contributed by atoms with Crippen molar-refractivity contribution in [1.82, 2.24) is 9.62 Å². The summed E-state index contributed by atoms with van der Waals surface area (Å²) < 4.78 is 36.9. The number of carbonyl (C=O) groups excluding carboxylic acids is 1. The molecule has 2 heterocycles. The van der Waals surface area contributed by atoms with Crippen molar-refractivity contribution in [2.75, 3.05) is 26.2 Å². The van der Waals surface area contributed by atoms with Gasteiger partial charge in [-0.2, -0.15) is 4.31 Å². The Bertz CT molecular complexity index is 875. The lowest BCUT2D eigenvalue weighted by molar-refractivity contribution is 0.0913. The van der Waals surface area contributed by atoms with Crippen molar-refractivity contribution in [3.63, 3.8) is 0 Å². The number of halogens is 1. The van der Waals surface area contributed by atoms with Crippen LogP contribution in [-0.2, 0) is 10.0 Å². The average Bonchev–Trinajstić information content (AvgIpc) is 3.30. The molecule has 1 aliphatic rings. The third kappa shape index (κ3) is 4.38. The van der Waals surface area contributed by atoms with Crippen molar-refractivity contribution in [2.45, 2.75) is 17.9 Å². The molecule has 7 nitrogen and oxygen atoms in total. The summed E-state index contributed by atoms with van der Waals surface area (Å²) in [6.07, 6.45) is 1.67. The van der Waals surface area contributed by atoms with Gasteiger partial charge < -0.3 is 14.5 Å². The van der Waals surface area contributed by atoms with Crippen molar-refractivity contribution in [3.8, 4) is 5.75 Å². The molecule has 0 atom stereocenters. The molecule has 140 valence electrons. The molecule has 0 bridgehead atoms. The van der Waals surface area contributed by atoms with Gasteiger partial charge in [0, 0.05) is 18.1 Å². The molecule has 0 spiro atoms. The van der Waals surface area contributed by atoms with Gasteiger partial charge in [0.25, 0.3) is 15.9 Å². The molecule has 3 rings (SSSR count). The Morgan fingerprint density at radius 1 is 1.23 bits per heavy atom. The van der Waals surface area contributed by atoms with Crippen molar-refractivity contribution in [2.24, 2.45) is 0 Å². The van der Waals surface area contributed by atoms with E-state index in [2.05, 4.69) is 5.32 Å². The lowest BCUT2D eigenvalue weighted by atomic mass is 10.3. The number of furan rings is 1. The molecule has 1 N–H and O–H groups in total. The van der Waals surface area contributed by atoms with Gasteiger partial charge in [-0.1, -0.05) is 17.7 Å². The molecule has 1 saturated heterocycles. The topological polar surface area (TPSA) is 88.8 Å². The molecule has 0 radical (unpaired) electrons. The van der Waals surface area contributed by atoms with Crippen LogP contribution in [0, 0.1) is 0 Å². The lowest BCUT2D eigenvalue weighted by Gasteiger charge is -2.12. The van der Waals surface area contributed by atoms with E-state index < -0.39 is 15.9 Å². The molecule has 1 aromatic carbocycles. The SMILES string of the molecule is O=C(NCCOc1cccc(Cl)c1)c1ccc(S(=O)(=O)N2CCCC2)o1. The number of benzene rings is 1. The number of nitrogens with zero attached hydrogens (tertiary/aromatic N) is 1. The monoisotopic (exact) mass is 398 g/mol. The summed E-state index contributed by atoms with van der Waals surface area (Å²) in [4.78, 5) is 12.1. The predicted octanol–water partition coefficient (Wildman–Crippen LogP) is 2.53. The van der Waals surface area contributed by atoms with Gasteiger partial charge >= 0.3 is 0 Å². The minimum atomic E-state index is -3.67. The minimum Gasteiger partial charge on any atom is -0.492 e. The Hall–Kier alpha value is -2.03. The van der Waals surface area contributed by atoms with Crippen LogP contribution < -0.4 is 10.1 Å². The van der Waals surface area contributed by atoms with Crippen LogP contribution in [0.3, 0.4) is 0 Å². The Labute approximate surface area is 156 Å². The fraction of sp³-hybridized carbons (Fsp3) is 0.353. The maximum absolute atomic E-state index is 12.4. The fourth-order valence-corrected chi connectivity index (χ4v) is 4.22. The number of nitrogens with one attached hydrogen (secondary N) is 1. The summed E-state index contributed by atoms with van der Waals surface area (Å²) in [6, 6.07) is 9.60. The van der Waals surface area contributed by atoms with Crippen molar-refractivity contribution in [3.05, 3.63) is 47.2 Å². The second-order valence-electron chi connectivity index (χ2n) is 5.79. The maximum atomic E-state index is 12.4. The molecule has 0 unspecified atom stereocenters. The van der Waals surface area contributed by atoms with Crippen LogP contribution in [0.1, 0.15) is 23.4 Å². The molecular weight excluding hydrogens is 380 g/mol. The molecule has 1 aliphatic heterocycles. The van der Waals surface area contributed by atoms with E-state index in [0.29, 0.717) is 23.9 Å². The third-order valence-corrected chi connectivity index (χ3v) is 5.92. The van der Waals surface area contributed by atoms with Gasteiger partial charge in [-0.25, -0.2) is 8.42 Å². The first-order valence-corrected chi connectivity index (χ1v) is 10.1. The first-order valence-electron chi connectivity index (χ1n) is 8.23. The molecule has 1 aromatic heterocycles. The summed E-state index contributed by atoms with van der Waals surface area (Å²) >= 11 is 5.86. The summed E-state index contributed by atoms with van der Waals surface area (Å²) in [5.41, 5.74) is 0. The Morgan fingerprint density at radius 3 is 2.73 bits per heavy atom. The summed E-state index contributed by atoms with van der Waals surface area (Å²) in [7, 11) is -3.67. The quantitative estimate of drug-likeness (QED) is 0.724. The lowest BCUT2D eigenvalue weighted by Crippen LogP contribution is -2.28. The first-order chi connectivity index (χ1) is 12.5. The van der Waals surface area contributed by atoms with Gasteiger partial charge in [-0.3, -0.25) is 4.79 Å². The van der Waals surface area contributed by atoms with Crippen LogP contribution >= 0.6 is 11.6 Å². The van der Waals surface area contributed by atoms with Crippen LogP contribution in [-0.4, -0.2) is 44.9 Å². The third-order valence-electron chi connectivity index (χ3n) is 3.92. The van der Waals surface area contributed by atoms with Crippen molar-refractivity contribution >= 4 is 27.5 Å². The van der Waals surface area contributed by atoms with E-state index in [9.17, 15) is 13.2 Å². The smallest absolute Gasteiger partial charge is 0.287 e. The van der Waals surface area contributed by atoms with Gasteiger partial charge in [0.1, 0.15) is 12.4 Å². The molecule has 1 fully saturated rings. The molecular formula is C17H19ClN2O5S. The largest absolute Gasteiger partial charge is 0.492 e. The highest BCUT2D eigenvalue weighted by molar-refractivity contribution is 7.89. The maximum Gasteiger partial charge on any atom is 0.287 e. The summed E-state index contributed by atoms with van der Waals surface area (Å²) in [5, 5.41) is 2.97. The number of sulfonamides is 1. The van der Waals surface area contributed by atoms with Crippen LogP contribution in [0.25, 0.3) is 0 Å². The normalized spacial score (nSPS) is 15.1. The number of hydrogen-bond acceptors (Lipinski definition) is 5. The van der Waals surface area contributed by atoms with Gasteiger partial charge in [-0.05, 0) is 43.2 Å². The highest BCUT2D eigenvalue weighted by Gasteiger charge is 2.30. The number of hydrogen-bond donors (Lipinski definition) is 1. The zero-order chi connectivity index (χ0) is 18.6. The molecule has 1 amide bonds. The number of ether oxygens (including phenoxy) is 1. The van der Waals surface area contributed by atoms with E-state index in [-0.39, 0.29) is 24.0 Å². The van der Waals surface area contributed by atoms with Crippen LogP contribution in [0.4, 0.5) is 0 Å². The highest BCUT2D eigenvalue weighted by Crippen LogP contribution is 2.22. The van der Waals surface area contributed by atoms with Crippen molar-refractivity contribution < 1.29 is 22.4 Å². The predicted molar refractivity (Wildman–Crippen MR) is 96.0 cm³/mol. The van der Waals surface area contributed by atoms with E-state index in [1.54, 1.807) is 24.3 Å². The Kier molecular flexibility index (Phi) is 5.85. The number of amides is 1. The highest BCUT2D eigenvalue weighted by atomic mass is 35.5.